The zero-order valence-electron chi connectivity index (χ0n) is 17.3. The molecule has 0 unspecified atom stereocenters. The number of aromatic nitrogens is 1. The lowest BCUT2D eigenvalue weighted by Gasteiger charge is -2.33. The van der Waals surface area contributed by atoms with Gasteiger partial charge in [-0.25, -0.2) is 0 Å². The summed E-state index contributed by atoms with van der Waals surface area (Å²) in [5.41, 5.74) is 1.18. The molecule has 30 heavy (non-hydrogen) atoms. The maximum Gasteiger partial charge on any atom is 0.272 e. The van der Waals surface area contributed by atoms with Crippen LogP contribution < -0.4 is 14.8 Å². The minimum atomic E-state index is -0.341. The van der Waals surface area contributed by atoms with Crippen molar-refractivity contribution < 1.29 is 23.8 Å². The molecule has 0 bridgehead atoms. The van der Waals surface area contributed by atoms with E-state index in [-0.39, 0.29) is 24.0 Å². The highest BCUT2D eigenvalue weighted by molar-refractivity contribution is 6.05. The molecule has 2 aliphatic heterocycles. The minimum Gasteiger partial charge on any atom is -0.493 e. The highest BCUT2D eigenvalue weighted by Gasteiger charge is 2.40. The lowest BCUT2D eigenvalue weighted by atomic mass is 10.1. The van der Waals surface area contributed by atoms with Gasteiger partial charge in [0.15, 0.2) is 11.5 Å². The molecule has 2 atom stereocenters. The first-order chi connectivity index (χ1) is 14.5. The first-order valence-electron chi connectivity index (χ1n) is 9.83. The van der Waals surface area contributed by atoms with Gasteiger partial charge >= 0.3 is 0 Å². The molecule has 4 rings (SSSR count). The molecule has 160 valence electrons. The van der Waals surface area contributed by atoms with Gasteiger partial charge in [0.05, 0.1) is 38.7 Å². The van der Waals surface area contributed by atoms with Crippen molar-refractivity contribution in [1.82, 2.24) is 14.8 Å². The van der Waals surface area contributed by atoms with E-state index in [1.807, 2.05) is 0 Å². The first-order valence-corrected chi connectivity index (χ1v) is 9.83. The molecule has 1 aromatic heterocycles. The van der Waals surface area contributed by atoms with Crippen molar-refractivity contribution in [2.75, 3.05) is 52.8 Å². The number of amides is 2. The number of hydrogen-bond acceptors (Lipinski definition) is 6. The zero-order valence-corrected chi connectivity index (χ0v) is 17.3. The number of likely N-dealkylation sites (tertiary alicyclic amines) is 1. The Morgan fingerprint density at radius 2 is 2.07 bits per heavy atom. The van der Waals surface area contributed by atoms with Crippen LogP contribution in [-0.2, 0) is 4.74 Å². The number of benzene rings is 1. The third-order valence-electron chi connectivity index (χ3n) is 5.68. The SMILES string of the molecule is COc1cc(C(=O)N2C[C@@H]3OCCN(C)[C@H]3C2)cc(NC(=O)c2ccc[nH]2)c1OC. The number of hydrogen-bond donors (Lipinski definition) is 2. The van der Waals surface area contributed by atoms with Crippen LogP contribution in [0.1, 0.15) is 20.8 Å². The number of H-pyrrole nitrogens is 1. The second-order valence-corrected chi connectivity index (χ2v) is 7.46. The van der Waals surface area contributed by atoms with Crippen LogP contribution in [0.5, 0.6) is 11.5 Å². The second-order valence-electron chi connectivity index (χ2n) is 7.46. The summed E-state index contributed by atoms with van der Waals surface area (Å²) in [6.45, 7) is 2.66. The van der Waals surface area contributed by atoms with E-state index in [9.17, 15) is 9.59 Å². The van der Waals surface area contributed by atoms with Gasteiger partial charge in [0.25, 0.3) is 11.8 Å². The number of nitrogens with zero attached hydrogens (tertiary/aromatic N) is 2. The van der Waals surface area contributed by atoms with Crippen LogP contribution in [0.2, 0.25) is 0 Å². The van der Waals surface area contributed by atoms with Crippen molar-refractivity contribution >= 4 is 17.5 Å². The molecular weight excluding hydrogens is 388 g/mol. The molecule has 2 aromatic rings. The lowest BCUT2D eigenvalue weighted by Crippen LogP contribution is -2.48. The van der Waals surface area contributed by atoms with Crippen LogP contribution in [0.3, 0.4) is 0 Å². The fourth-order valence-electron chi connectivity index (χ4n) is 4.05. The lowest BCUT2D eigenvalue weighted by molar-refractivity contribution is -0.0368. The van der Waals surface area contributed by atoms with Gasteiger partial charge in [0.2, 0.25) is 0 Å². The molecule has 9 heteroatoms. The van der Waals surface area contributed by atoms with Crippen LogP contribution in [0.25, 0.3) is 0 Å². The molecule has 2 amide bonds. The van der Waals surface area contributed by atoms with Crippen LogP contribution >= 0.6 is 0 Å². The van der Waals surface area contributed by atoms with E-state index >= 15 is 0 Å². The van der Waals surface area contributed by atoms with E-state index in [0.717, 1.165) is 6.54 Å². The van der Waals surface area contributed by atoms with Crippen molar-refractivity contribution in [1.29, 1.82) is 0 Å². The highest BCUT2D eigenvalue weighted by atomic mass is 16.5. The number of likely N-dealkylation sites (N-methyl/N-ethyl adjacent to an activating group) is 1. The predicted octanol–water partition coefficient (Wildman–Crippen LogP) is 1.44. The Morgan fingerprint density at radius 3 is 2.73 bits per heavy atom. The Morgan fingerprint density at radius 1 is 1.23 bits per heavy atom. The summed E-state index contributed by atoms with van der Waals surface area (Å²) in [5.74, 6) is 0.243. The Kier molecular flexibility index (Phi) is 5.65. The summed E-state index contributed by atoms with van der Waals surface area (Å²) < 4.78 is 16.7. The number of fused-ring (bicyclic) bond motifs is 1. The van der Waals surface area contributed by atoms with E-state index in [4.69, 9.17) is 14.2 Å². The molecule has 3 heterocycles. The molecule has 0 saturated carbocycles. The standard InChI is InChI=1S/C21H26N4O5/c1-24-7-8-30-18-12-25(11-16(18)24)21(27)13-9-15(19(29-3)17(10-13)28-2)23-20(26)14-5-4-6-22-14/h4-6,9-10,16,18,22H,7-8,11-12H2,1-3H3,(H,23,26)/t16-,18-/m0/s1. The fourth-order valence-corrected chi connectivity index (χ4v) is 4.05. The molecule has 0 aliphatic carbocycles. The average molecular weight is 414 g/mol. The maximum atomic E-state index is 13.3. The van der Waals surface area contributed by atoms with Gasteiger partial charge in [-0.1, -0.05) is 0 Å². The third-order valence-corrected chi connectivity index (χ3v) is 5.68. The van der Waals surface area contributed by atoms with Gasteiger partial charge in [-0.2, -0.15) is 0 Å². The summed E-state index contributed by atoms with van der Waals surface area (Å²) in [7, 11) is 5.04. The number of morpholine rings is 1. The van der Waals surface area contributed by atoms with E-state index in [2.05, 4.69) is 22.2 Å². The summed E-state index contributed by atoms with van der Waals surface area (Å²) in [5, 5.41) is 2.80. The molecule has 2 saturated heterocycles. The summed E-state index contributed by atoms with van der Waals surface area (Å²) in [6, 6.07) is 6.85. The van der Waals surface area contributed by atoms with Gasteiger partial charge in [0, 0.05) is 31.4 Å². The normalized spacial score (nSPS) is 21.2. The number of ether oxygens (including phenoxy) is 3. The van der Waals surface area contributed by atoms with E-state index in [0.29, 0.717) is 48.1 Å². The molecule has 2 aliphatic rings. The summed E-state index contributed by atoms with van der Waals surface area (Å²) >= 11 is 0. The molecule has 0 spiro atoms. The number of carbonyl (C=O) groups is 2. The molecule has 1 aromatic carbocycles. The van der Waals surface area contributed by atoms with Crippen molar-refractivity contribution in [3.8, 4) is 11.5 Å². The van der Waals surface area contributed by atoms with Gasteiger partial charge in [-0.15, -0.1) is 0 Å². The van der Waals surface area contributed by atoms with Gasteiger partial charge in [-0.3, -0.25) is 14.5 Å². The van der Waals surface area contributed by atoms with E-state index in [1.165, 1.54) is 14.2 Å². The largest absolute Gasteiger partial charge is 0.493 e. The number of carbonyl (C=O) groups excluding carboxylic acids is 2. The molecule has 0 radical (unpaired) electrons. The quantitative estimate of drug-likeness (QED) is 0.769. The number of nitrogens with one attached hydrogen (secondary N) is 2. The molecule has 2 fully saturated rings. The third kappa shape index (κ3) is 3.73. The van der Waals surface area contributed by atoms with E-state index < -0.39 is 0 Å². The molecule has 2 N–H and O–H groups in total. The highest BCUT2D eigenvalue weighted by Crippen LogP contribution is 2.37. The van der Waals surface area contributed by atoms with Crippen LogP contribution in [0, 0.1) is 0 Å². The van der Waals surface area contributed by atoms with Crippen LogP contribution in [0.4, 0.5) is 5.69 Å². The predicted molar refractivity (Wildman–Crippen MR) is 110 cm³/mol. The number of aromatic amines is 1. The van der Waals surface area contributed by atoms with Crippen molar-refractivity contribution in [3.63, 3.8) is 0 Å². The Bertz CT molecular complexity index is 930. The second kappa shape index (κ2) is 8.37. The number of rotatable bonds is 5. The topological polar surface area (TPSA) is 96.1 Å². The minimum absolute atomic E-state index is 0.0138. The number of methoxy groups -OCH3 is 2. The van der Waals surface area contributed by atoms with Gasteiger partial charge in [-0.05, 0) is 31.3 Å². The van der Waals surface area contributed by atoms with Crippen molar-refractivity contribution in [3.05, 3.63) is 41.7 Å². The average Bonchev–Trinajstić information content (AvgIpc) is 3.43. The van der Waals surface area contributed by atoms with Gasteiger partial charge in [0.1, 0.15) is 5.69 Å². The zero-order chi connectivity index (χ0) is 21.3. The summed E-state index contributed by atoms with van der Waals surface area (Å²) in [4.78, 5) is 32.7. The van der Waals surface area contributed by atoms with Crippen molar-refractivity contribution in [2.24, 2.45) is 0 Å². The fraction of sp³-hybridized carbons (Fsp3) is 0.429. The number of anilines is 1. The smallest absolute Gasteiger partial charge is 0.272 e. The Hall–Kier alpha value is -3.04. The van der Waals surface area contributed by atoms with Gasteiger partial charge < -0.3 is 29.4 Å². The molecule has 9 nitrogen and oxygen atoms in total. The monoisotopic (exact) mass is 414 g/mol. The maximum absolute atomic E-state index is 13.3. The van der Waals surface area contributed by atoms with E-state index in [1.54, 1.807) is 35.4 Å². The molecular formula is C21H26N4O5. The Labute approximate surface area is 174 Å². The van der Waals surface area contributed by atoms with Crippen LogP contribution in [-0.4, -0.2) is 86.3 Å². The first kappa shape index (κ1) is 20.2. The summed E-state index contributed by atoms with van der Waals surface area (Å²) in [6.07, 6.45) is 1.68. The van der Waals surface area contributed by atoms with Crippen LogP contribution in [0.15, 0.2) is 30.5 Å². The van der Waals surface area contributed by atoms with Crippen molar-refractivity contribution in [2.45, 2.75) is 12.1 Å². The Balaban J connectivity index is 1.61.